The minimum atomic E-state index is -0.618. The van der Waals surface area contributed by atoms with Gasteiger partial charge in [-0.3, -0.25) is 14.6 Å². The first-order valence-corrected chi connectivity index (χ1v) is 9.37. The average molecular weight is 383 g/mol. The summed E-state index contributed by atoms with van der Waals surface area (Å²) in [5, 5.41) is 0. The van der Waals surface area contributed by atoms with Crippen molar-refractivity contribution < 1.29 is 18.7 Å². The van der Waals surface area contributed by atoms with Crippen LogP contribution in [0.15, 0.2) is 42.7 Å². The summed E-state index contributed by atoms with van der Waals surface area (Å²) in [5.41, 5.74) is 1.51. The highest BCUT2D eigenvalue weighted by atomic mass is 19.1. The lowest BCUT2D eigenvalue weighted by molar-refractivity contribution is -0.144. The monoisotopic (exact) mass is 383 g/mol. The molecular weight excluding hydrogens is 361 g/mol. The van der Waals surface area contributed by atoms with Crippen LogP contribution >= 0.6 is 0 Å². The normalized spacial score (nSPS) is 22.6. The molecule has 0 radical (unpaired) electrons. The van der Waals surface area contributed by atoms with Gasteiger partial charge in [-0.25, -0.2) is 4.39 Å². The number of likely N-dealkylation sites (tertiary alicyclic amines) is 1. The van der Waals surface area contributed by atoms with Crippen molar-refractivity contribution in [3.63, 3.8) is 0 Å². The van der Waals surface area contributed by atoms with E-state index in [1.165, 1.54) is 12.1 Å². The van der Waals surface area contributed by atoms with Gasteiger partial charge in [-0.05, 0) is 55.7 Å². The van der Waals surface area contributed by atoms with Crippen molar-refractivity contribution in [3.05, 3.63) is 59.7 Å². The second-order valence-electron chi connectivity index (χ2n) is 7.51. The van der Waals surface area contributed by atoms with Crippen molar-refractivity contribution in [1.29, 1.82) is 0 Å². The quantitative estimate of drug-likeness (QED) is 0.800. The largest absolute Gasteiger partial charge is 0.361 e. The van der Waals surface area contributed by atoms with E-state index in [2.05, 4.69) is 4.98 Å². The third-order valence-corrected chi connectivity index (χ3v) is 5.34. The third kappa shape index (κ3) is 3.62. The highest BCUT2D eigenvalue weighted by molar-refractivity contribution is 5.96. The van der Waals surface area contributed by atoms with Crippen LogP contribution in [0.4, 0.5) is 10.1 Å². The smallest absolute Gasteiger partial charge is 0.255 e. The van der Waals surface area contributed by atoms with Gasteiger partial charge in [0.25, 0.3) is 11.8 Å². The molecule has 1 aromatic carbocycles. The van der Waals surface area contributed by atoms with E-state index in [9.17, 15) is 14.0 Å². The minimum Gasteiger partial charge on any atom is -0.361 e. The van der Waals surface area contributed by atoms with Crippen LogP contribution in [0.2, 0.25) is 0 Å². The van der Waals surface area contributed by atoms with Gasteiger partial charge in [-0.15, -0.1) is 0 Å². The summed E-state index contributed by atoms with van der Waals surface area (Å²) in [6.45, 7) is 3.24. The van der Waals surface area contributed by atoms with Crippen LogP contribution in [0.3, 0.4) is 0 Å². The van der Waals surface area contributed by atoms with Crippen molar-refractivity contribution in [2.24, 2.45) is 0 Å². The maximum Gasteiger partial charge on any atom is 0.255 e. The third-order valence-electron chi connectivity index (χ3n) is 5.34. The van der Waals surface area contributed by atoms with Crippen molar-refractivity contribution in [2.75, 3.05) is 31.1 Å². The fourth-order valence-electron chi connectivity index (χ4n) is 3.94. The lowest BCUT2D eigenvalue weighted by Crippen LogP contribution is -2.62. The molecule has 1 spiro atoms. The fourth-order valence-corrected chi connectivity index (χ4v) is 3.94. The van der Waals surface area contributed by atoms with E-state index >= 15 is 0 Å². The standard InChI is InChI=1S/C21H22FN3O3/c1-15-9-16(11-23-10-15)20(27)24-8-2-7-21(13-24)14-25(19(26)12-28-21)18-5-3-17(22)4-6-18/h3-6,9-11H,2,7-8,12-14H2,1H3. The predicted octanol–water partition coefficient (Wildman–Crippen LogP) is 2.57. The zero-order chi connectivity index (χ0) is 19.7. The maximum atomic E-state index is 13.3. The molecule has 3 heterocycles. The SMILES string of the molecule is Cc1cncc(C(=O)N2CCCC3(C2)CN(c2ccc(F)cc2)C(=O)CO3)c1. The summed E-state index contributed by atoms with van der Waals surface area (Å²) in [6.07, 6.45) is 4.84. The molecular formula is C21H22FN3O3. The Morgan fingerprint density at radius 2 is 2.00 bits per heavy atom. The summed E-state index contributed by atoms with van der Waals surface area (Å²) in [5.74, 6) is -0.590. The Morgan fingerprint density at radius 3 is 2.75 bits per heavy atom. The van der Waals surface area contributed by atoms with Crippen molar-refractivity contribution in [2.45, 2.75) is 25.4 Å². The molecule has 1 unspecified atom stereocenters. The van der Waals surface area contributed by atoms with E-state index in [0.29, 0.717) is 30.9 Å². The van der Waals surface area contributed by atoms with Crippen molar-refractivity contribution in [3.8, 4) is 0 Å². The fraction of sp³-hybridized carbons (Fsp3) is 0.381. The number of nitrogens with zero attached hydrogens (tertiary/aromatic N) is 3. The van der Waals surface area contributed by atoms with Gasteiger partial charge in [0.15, 0.2) is 0 Å². The lowest BCUT2D eigenvalue weighted by atomic mass is 9.90. The number of morpholine rings is 1. The van der Waals surface area contributed by atoms with Crippen LogP contribution in [0.1, 0.15) is 28.8 Å². The molecule has 0 bridgehead atoms. The van der Waals surface area contributed by atoms with Crippen molar-refractivity contribution in [1.82, 2.24) is 9.88 Å². The highest BCUT2D eigenvalue weighted by Gasteiger charge is 2.44. The van der Waals surface area contributed by atoms with Crippen molar-refractivity contribution >= 4 is 17.5 Å². The molecule has 7 heteroatoms. The Kier molecular flexibility index (Phi) is 4.85. The molecule has 1 aromatic heterocycles. The van der Waals surface area contributed by atoms with Gasteiger partial charge in [0, 0.05) is 24.6 Å². The number of pyridine rings is 1. The Morgan fingerprint density at radius 1 is 1.21 bits per heavy atom. The molecule has 2 fully saturated rings. The van der Waals surface area contributed by atoms with Gasteiger partial charge in [-0.1, -0.05) is 0 Å². The molecule has 2 saturated heterocycles. The molecule has 4 rings (SSSR count). The average Bonchev–Trinajstić information content (AvgIpc) is 2.70. The van der Waals surface area contributed by atoms with Crippen LogP contribution in [0.25, 0.3) is 0 Å². The highest BCUT2D eigenvalue weighted by Crippen LogP contribution is 2.32. The number of hydrogen-bond acceptors (Lipinski definition) is 4. The topological polar surface area (TPSA) is 62.7 Å². The van der Waals surface area contributed by atoms with Gasteiger partial charge in [0.05, 0.1) is 18.7 Å². The molecule has 0 aliphatic carbocycles. The zero-order valence-corrected chi connectivity index (χ0v) is 15.7. The van der Waals surface area contributed by atoms with E-state index in [4.69, 9.17) is 4.74 Å². The second-order valence-corrected chi connectivity index (χ2v) is 7.51. The first-order valence-electron chi connectivity index (χ1n) is 9.37. The van der Waals surface area contributed by atoms with Crippen LogP contribution in [0.5, 0.6) is 0 Å². The Hall–Kier alpha value is -2.80. The molecule has 146 valence electrons. The summed E-state index contributed by atoms with van der Waals surface area (Å²) >= 11 is 0. The number of rotatable bonds is 2. The number of halogens is 1. The Bertz CT molecular complexity index is 902. The number of amides is 2. The summed E-state index contributed by atoms with van der Waals surface area (Å²) in [6, 6.07) is 7.69. The second kappa shape index (κ2) is 7.31. The van der Waals surface area contributed by atoms with Crippen LogP contribution < -0.4 is 4.90 Å². The Balaban J connectivity index is 1.54. The van der Waals surface area contributed by atoms with Gasteiger partial charge in [-0.2, -0.15) is 0 Å². The molecule has 2 amide bonds. The lowest BCUT2D eigenvalue weighted by Gasteiger charge is -2.47. The molecule has 2 aliphatic rings. The van der Waals surface area contributed by atoms with E-state index < -0.39 is 5.60 Å². The number of carbonyl (C=O) groups is 2. The summed E-state index contributed by atoms with van der Waals surface area (Å²) in [7, 11) is 0. The van der Waals surface area contributed by atoms with Gasteiger partial charge in [0.1, 0.15) is 18.0 Å². The zero-order valence-electron chi connectivity index (χ0n) is 15.7. The van der Waals surface area contributed by atoms with E-state index in [1.807, 2.05) is 13.0 Å². The van der Waals surface area contributed by atoms with Gasteiger partial charge in [0.2, 0.25) is 0 Å². The van der Waals surface area contributed by atoms with E-state index in [0.717, 1.165) is 18.4 Å². The maximum absolute atomic E-state index is 13.3. The predicted molar refractivity (Wildman–Crippen MR) is 102 cm³/mol. The first kappa shape index (κ1) is 18.6. The molecule has 2 aliphatic heterocycles. The molecule has 0 N–H and O–H groups in total. The molecule has 2 aromatic rings. The molecule has 6 nitrogen and oxygen atoms in total. The van der Waals surface area contributed by atoms with Crippen LogP contribution in [0, 0.1) is 12.7 Å². The van der Waals surface area contributed by atoms with E-state index in [1.54, 1.807) is 34.3 Å². The van der Waals surface area contributed by atoms with Gasteiger partial charge < -0.3 is 14.5 Å². The number of aryl methyl sites for hydroxylation is 1. The van der Waals surface area contributed by atoms with E-state index in [-0.39, 0.29) is 24.2 Å². The number of aromatic nitrogens is 1. The number of hydrogen-bond donors (Lipinski definition) is 0. The van der Waals surface area contributed by atoms with Crippen LogP contribution in [-0.4, -0.2) is 53.5 Å². The van der Waals surface area contributed by atoms with Gasteiger partial charge >= 0.3 is 0 Å². The number of ether oxygens (including phenoxy) is 1. The number of anilines is 1. The minimum absolute atomic E-state index is 0.0502. The molecule has 1 atom stereocenters. The summed E-state index contributed by atoms with van der Waals surface area (Å²) < 4.78 is 19.2. The Labute approximate surface area is 162 Å². The number of piperidine rings is 1. The molecule has 28 heavy (non-hydrogen) atoms. The molecule has 0 saturated carbocycles. The number of carbonyl (C=O) groups excluding carboxylic acids is 2. The first-order chi connectivity index (χ1) is 13.5. The van der Waals surface area contributed by atoms with Crippen LogP contribution in [-0.2, 0) is 9.53 Å². The summed E-state index contributed by atoms with van der Waals surface area (Å²) in [4.78, 5) is 32.9. The number of benzene rings is 1.